The number of carbonyl (C=O) groups is 1. The summed E-state index contributed by atoms with van der Waals surface area (Å²) in [5.41, 5.74) is 2.71. The molecule has 0 amide bonds. The zero-order valence-electron chi connectivity index (χ0n) is 18.5. The maximum absolute atomic E-state index is 13.6. The molecule has 2 aliphatic rings. The maximum Gasteiger partial charge on any atom is 0.251 e. The Bertz CT molecular complexity index is 1190. The Labute approximate surface area is 211 Å². The molecule has 0 bridgehead atoms. The summed E-state index contributed by atoms with van der Waals surface area (Å²) in [5.74, 6) is -0.282. The van der Waals surface area contributed by atoms with E-state index in [9.17, 15) is 13.6 Å². The number of nitrogens with zero attached hydrogens (tertiary/aromatic N) is 2. The van der Waals surface area contributed by atoms with Crippen molar-refractivity contribution in [2.45, 2.75) is 48.8 Å². The van der Waals surface area contributed by atoms with Crippen LogP contribution < -0.4 is 4.90 Å². The van der Waals surface area contributed by atoms with Crippen LogP contribution in [0.3, 0.4) is 0 Å². The van der Waals surface area contributed by atoms with Gasteiger partial charge in [0.15, 0.2) is 0 Å². The van der Waals surface area contributed by atoms with Gasteiger partial charge < -0.3 is 14.7 Å². The van der Waals surface area contributed by atoms with Crippen molar-refractivity contribution in [1.29, 1.82) is 0 Å². The molecule has 1 saturated carbocycles. The number of hydrogen-bond acceptors (Lipinski definition) is 4. The van der Waals surface area contributed by atoms with E-state index in [1.807, 2.05) is 23.9 Å². The number of aldehydes is 1. The van der Waals surface area contributed by atoms with Crippen LogP contribution in [0.15, 0.2) is 35.2 Å². The first-order valence-electron chi connectivity index (χ1n) is 11.5. The number of thioether (sulfide) groups is 1. The van der Waals surface area contributed by atoms with Crippen molar-refractivity contribution in [1.82, 2.24) is 9.97 Å². The van der Waals surface area contributed by atoms with Gasteiger partial charge in [-0.3, -0.25) is 0 Å². The van der Waals surface area contributed by atoms with Crippen LogP contribution in [0.2, 0.25) is 10.0 Å². The van der Waals surface area contributed by atoms with Crippen molar-refractivity contribution in [3.8, 4) is 0 Å². The SMILES string of the molecule is O=CCC(c1ccc(SCC2CC2)cc1)c1nc2c(Cl)c(N3CCC(F)(F)CC3)c(Cl)cc2[nH]1. The maximum atomic E-state index is 13.6. The minimum absolute atomic E-state index is 0.175. The molecule has 180 valence electrons. The van der Waals surface area contributed by atoms with Crippen molar-refractivity contribution in [3.63, 3.8) is 0 Å². The molecule has 0 radical (unpaired) electrons. The lowest BCUT2D eigenvalue weighted by atomic mass is 9.96. The van der Waals surface area contributed by atoms with E-state index in [4.69, 9.17) is 28.2 Å². The number of aromatic nitrogens is 2. The Morgan fingerprint density at radius 1 is 1.21 bits per heavy atom. The quantitative estimate of drug-likeness (QED) is 0.248. The molecule has 4 nitrogen and oxygen atoms in total. The molecular formula is C25H25Cl2F2N3OS. The molecule has 1 N–H and O–H groups in total. The number of fused-ring (bicyclic) bond motifs is 1. The molecule has 5 rings (SSSR count). The molecule has 1 atom stereocenters. The second-order valence-corrected chi connectivity index (χ2v) is 11.0. The molecule has 1 aliphatic carbocycles. The summed E-state index contributed by atoms with van der Waals surface area (Å²) in [5, 5.41) is 0.730. The van der Waals surface area contributed by atoms with E-state index in [1.165, 1.54) is 17.7 Å². The first-order chi connectivity index (χ1) is 16.3. The summed E-state index contributed by atoms with van der Waals surface area (Å²) in [6, 6.07) is 10.0. The number of halogens is 4. The standard InChI is InChI=1S/C25H25Cl2F2N3OS/c26-19-13-20-22(21(27)23(19)32-10-8-25(28,29)9-11-32)31-24(30-20)18(7-12-33)16-3-5-17(6-4-16)34-14-15-1-2-15/h3-6,12-13,15,18H,1-2,7-11,14H2,(H,30,31). The zero-order valence-corrected chi connectivity index (χ0v) is 20.8. The minimum atomic E-state index is -2.66. The molecular weight excluding hydrogens is 499 g/mol. The van der Waals surface area contributed by atoms with Crippen molar-refractivity contribution in [2.75, 3.05) is 23.7 Å². The number of nitrogens with one attached hydrogen (secondary N) is 1. The molecule has 3 aromatic rings. The van der Waals surface area contributed by atoms with Gasteiger partial charge in [-0.1, -0.05) is 35.3 Å². The van der Waals surface area contributed by atoms with Crippen molar-refractivity contribution in [3.05, 3.63) is 51.8 Å². The van der Waals surface area contributed by atoms with E-state index < -0.39 is 5.92 Å². The number of imidazole rings is 1. The van der Waals surface area contributed by atoms with Crippen LogP contribution in [-0.4, -0.2) is 41.0 Å². The van der Waals surface area contributed by atoms with Crippen LogP contribution >= 0.6 is 35.0 Å². The molecule has 1 unspecified atom stereocenters. The lowest BCUT2D eigenvalue weighted by Crippen LogP contribution is -2.39. The number of alkyl halides is 2. The van der Waals surface area contributed by atoms with Gasteiger partial charge in [-0.15, -0.1) is 11.8 Å². The first kappa shape index (κ1) is 23.9. The largest absolute Gasteiger partial charge is 0.369 e. The number of H-pyrrole nitrogens is 1. The van der Waals surface area contributed by atoms with E-state index in [0.29, 0.717) is 32.6 Å². The van der Waals surface area contributed by atoms with Gasteiger partial charge in [0.25, 0.3) is 5.92 Å². The van der Waals surface area contributed by atoms with Crippen LogP contribution in [0.1, 0.15) is 49.4 Å². The molecule has 34 heavy (non-hydrogen) atoms. The topological polar surface area (TPSA) is 49.0 Å². The Kier molecular flexibility index (Phi) is 6.79. The number of benzene rings is 2. The van der Waals surface area contributed by atoms with Crippen LogP contribution in [0.25, 0.3) is 11.0 Å². The predicted molar refractivity (Wildman–Crippen MR) is 135 cm³/mol. The Morgan fingerprint density at radius 2 is 1.91 bits per heavy atom. The molecule has 2 heterocycles. The van der Waals surface area contributed by atoms with Gasteiger partial charge in [0.1, 0.15) is 17.6 Å². The summed E-state index contributed by atoms with van der Waals surface area (Å²) >= 11 is 15.1. The molecule has 1 saturated heterocycles. The monoisotopic (exact) mass is 523 g/mol. The van der Waals surface area contributed by atoms with Gasteiger partial charge >= 0.3 is 0 Å². The number of hydrogen-bond donors (Lipinski definition) is 1. The average molecular weight is 524 g/mol. The number of piperidine rings is 1. The molecule has 2 fully saturated rings. The van der Waals surface area contributed by atoms with E-state index >= 15 is 0 Å². The van der Waals surface area contributed by atoms with Crippen molar-refractivity contribution < 1.29 is 13.6 Å². The summed E-state index contributed by atoms with van der Waals surface area (Å²) in [6.07, 6.45) is 3.35. The summed E-state index contributed by atoms with van der Waals surface area (Å²) in [4.78, 5) is 22.5. The van der Waals surface area contributed by atoms with E-state index in [0.717, 1.165) is 23.5 Å². The van der Waals surface area contributed by atoms with Crippen LogP contribution in [0.5, 0.6) is 0 Å². The normalized spacial score (nSPS) is 18.9. The molecule has 2 aromatic carbocycles. The van der Waals surface area contributed by atoms with E-state index in [-0.39, 0.29) is 38.3 Å². The Morgan fingerprint density at radius 3 is 2.56 bits per heavy atom. The zero-order chi connectivity index (χ0) is 23.9. The minimum Gasteiger partial charge on any atom is -0.369 e. The van der Waals surface area contributed by atoms with E-state index in [2.05, 4.69) is 17.1 Å². The van der Waals surface area contributed by atoms with Crippen molar-refractivity contribution >= 4 is 58.0 Å². The second kappa shape index (κ2) is 9.67. The van der Waals surface area contributed by atoms with Gasteiger partial charge in [-0.25, -0.2) is 13.8 Å². The third-order valence-corrected chi connectivity index (χ3v) is 8.49. The van der Waals surface area contributed by atoms with E-state index in [1.54, 1.807) is 11.0 Å². The third-order valence-electron chi connectivity index (χ3n) is 6.60. The van der Waals surface area contributed by atoms with Crippen LogP contribution in [0.4, 0.5) is 14.5 Å². The number of anilines is 1. The fourth-order valence-corrected chi connectivity index (χ4v) is 6.23. The van der Waals surface area contributed by atoms with Crippen LogP contribution in [0, 0.1) is 5.92 Å². The van der Waals surface area contributed by atoms with Gasteiger partial charge in [0, 0.05) is 48.9 Å². The summed E-state index contributed by atoms with van der Waals surface area (Å²) in [6.45, 7) is 0.349. The predicted octanol–water partition coefficient (Wildman–Crippen LogP) is 7.33. The lowest BCUT2D eigenvalue weighted by molar-refractivity contribution is -0.108. The number of rotatable bonds is 8. The fourth-order valence-electron chi connectivity index (χ4n) is 4.40. The van der Waals surface area contributed by atoms with Crippen molar-refractivity contribution in [2.24, 2.45) is 5.92 Å². The molecule has 9 heteroatoms. The van der Waals surface area contributed by atoms with Gasteiger partial charge in [0.05, 0.1) is 21.2 Å². The Balaban J connectivity index is 1.43. The first-order valence-corrected chi connectivity index (χ1v) is 13.3. The van der Waals surface area contributed by atoms with Gasteiger partial charge in [-0.05, 0) is 42.5 Å². The second-order valence-electron chi connectivity index (χ2n) is 9.16. The highest BCUT2D eigenvalue weighted by Gasteiger charge is 2.35. The van der Waals surface area contributed by atoms with Gasteiger partial charge in [-0.2, -0.15) is 0 Å². The highest BCUT2D eigenvalue weighted by molar-refractivity contribution is 7.99. The van der Waals surface area contributed by atoms with Crippen LogP contribution in [-0.2, 0) is 4.79 Å². The lowest BCUT2D eigenvalue weighted by Gasteiger charge is -2.34. The average Bonchev–Trinajstić information content (AvgIpc) is 3.55. The highest BCUT2D eigenvalue weighted by Crippen LogP contribution is 2.42. The highest BCUT2D eigenvalue weighted by atomic mass is 35.5. The summed E-state index contributed by atoms with van der Waals surface area (Å²) < 4.78 is 27.3. The molecule has 1 aromatic heterocycles. The fraction of sp³-hybridized carbons (Fsp3) is 0.440. The smallest absolute Gasteiger partial charge is 0.251 e. The number of aromatic amines is 1. The third kappa shape index (κ3) is 5.07. The Hall–Kier alpha value is -1.83. The van der Waals surface area contributed by atoms with Gasteiger partial charge in [0.2, 0.25) is 0 Å². The molecule has 1 aliphatic heterocycles. The number of carbonyl (C=O) groups excluding carboxylic acids is 1. The summed E-state index contributed by atoms with van der Waals surface area (Å²) in [7, 11) is 0. The molecule has 0 spiro atoms.